The van der Waals surface area contributed by atoms with Crippen LogP contribution in [-0.2, 0) is 6.42 Å². The molecule has 0 amide bonds. The van der Waals surface area contributed by atoms with Gasteiger partial charge in [0, 0.05) is 11.6 Å². The van der Waals surface area contributed by atoms with Crippen molar-refractivity contribution in [2.24, 2.45) is 0 Å². The molecule has 3 aromatic rings. The largest absolute Gasteiger partial charge is 0.477 e. The van der Waals surface area contributed by atoms with Crippen LogP contribution in [0, 0.1) is 0 Å². The van der Waals surface area contributed by atoms with Crippen LogP contribution in [0.15, 0.2) is 42.7 Å². The maximum absolute atomic E-state index is 11.1. The van der Waals surface area contributed by atoms with E-state index in [0.29, 0.717) is 11.5 Å². The lowest BCUT2D eigenvalue weighted by atomic mass is 10.2. The zero-order valence-electron chi connectivity index (χ0n) is 11.4. The van der Waals surface area contributed by atoms with Crippen molar-refractivity contribution in [3.63, 3.8) is 0 Å². The fourth-order valence-corrected chi connectivity index (χ4v) is 2.93. The molecule has 0 unspecified atom stereocenters. The SMILES string of the molecule is CCc1ccc(Oc2cncc3sc(C(=O)O)cc23)cc1. The molecule has 3 rings (SSSR count). The van der Waals surface area contributed by atoms with Crippen molar-refractivity contribution in [3.8, 4) is 11.5 Å². The quantitative estimate of drug-likeness (QED) is 0.778. The third kappa shape index (κ3) is 2.73. The second-order valence-corrected chi connectivity index (χ2v) is 5.65. The number of pyridine rings is 1. The topological polar surface area (TPSA) is 59.4 Å². The summed E-state index contributed by atoms with van der Waals surface area (Å²) in [6.07, 6.45) is 4.23. The summed E-state index contributed by atoms with van der Waals surface area (Å²) < 4.78 is 6.64. The normalized spacial score (nSPS) is 10.7. The van der Waals surface area contributed by atoms with E-state index in [0.717, 1.165) is 16.5 Å². The molecule has 0 aliphatic carbocycles. The highest BCUT2D eigenvalue weighted by Crippen LogP contribution is 2.34. The average molecular weight is 299 g/mol. The first-order valence-corrected chi connectivity index (χ1v) is 7.36. The lowest BCUT2D eigenvalue weighted by Gasteiger charge is -2.07. The molecule has 0 bridgehead atoms. The summed E-state index contributed by atoms with van der Waals surface area (Å²) in [4.78, 5) is 15.4. The van der Waals surface area contributed by atoms with Gasteiger partial charge in [-0.15, -0.1) is 11.3 Å². The first-order valence-electron chi connectivity index (χ1n) is 6.55. The van der Waals surface area contributed by atoms with Gasteiger partial charge in [0.05, 0.1) is 10.9 Å². The predicted molar refractivity (Wildman–Crippen MR) is 82.5 cm³/mol. The van der Waals surface area contributed by atoms with E-state index in [9.17, 15) is 4.79 Å². The molecule has 0 spiro atoms. The van der Waals surface area contributed by atoms with Crippen LogP contribution in [0.5, 0.6) is 11.5 Å². The van der Waals surface area contributed by atoms with Crippen molar-refractivity contribution >= 4 is 27.4 Å². The number of rotatable bonds is 4. The Balaban J connectivity index is 1.97. The summed E-state index contributed by atoms with van der Waals surface area (Å²) in [5.41, 5.74) is 1.24. The number of aryl methyl sites for hydroxylation is 1. The molecule has 0 aliphatic heterocycles. The van der Waals surface area contributed by atoms with E-state index in [4.69, 9.17) is 9.84 Å². The highest BCUT2D eigenvalue weighted by atomic mass is 32.1. The van der Waals surface area contributed by atoms with Gasteiger partial charge in [0.2, 0.25) is 0 Å². The Kier molecular flexibility index (Phi) is 3.58. The monoisotopic (exact) mass is 299 g/mol. The van der Waals surface area contributed by atoms with Gasteiger partial charge in [0.15, 0.2) is 5.75 Å². The van der Waals surface area contributed by atoms with E-state index in [1.807, 2.05) is 24.3 Å². The number of aromatic carboxylic acids is 1. The fourth-order valence-electron chi connectivity index (χ4n) is 2.04. The molecular formula is C16H13NO3S. The summed E-state index contributed by atoms with van der Waals surface area (Å²) in [6, 6.07) is 9.46. The molecule has 5 heteroatoms. The summed E-state index contributed by atoms with van der Waals surface area (Å²) in [7, 11) is 0. The number of ether oxygens (including phenoxy) is 1. The van der Waals surface area contributed by atoms with Crippen LogP contribution < -0.4 is 4.74 Å². The maximum Gasteiger partial charge on any atom is 0.345 e. The highest BCUT2D eigenvalue weighted by molar-refractivity contribution is 7.20. The average Bonchev–Trinajstić information content (AvgIpc) is 2.93. The molecule has 1 aromatic carbocycles. The van der Waals surface area contributed by atoms with Crippen molar-refractivity contribution < 1.29 is 14.6 Å². The molecule has 0 fully saturated rings. The Labute approximate surface area is 125 Å². The second-order valence-electron chi connectivity index (χ2n) is 4.56. The number of aromatic nitrogens is 1. The molecule has 1 N–H and O–H groups in total. The highest BCUT2D eigenvalue weighted by Gasteiger charge is 2.12. The molecule has 0 saturated carbocycles. The van der Waals surface area contributed by atoms with E-state index in [-0.39, 0.29) is 4.88 Å². The first kappa shape index (κ1) is 13.6. The molecular weight excluding hydrogens is 286 g/mol. The zero-order chi connectivity index (χ0) is 14.8. The number of benzene rings is 1. The summed E-state index contributed by atoms with van der Waals surface area (Å²) in [6.45, 7) is 2.10. The Morgan fingerprint density at radius 3 is 2.71 bits per heavy atom. The van der Waals surface area contributed by atoms with Crippen LogP contribution in [0.25, 0.3) is 10.1 Å². The van der Waals surface area contributed by atoms with Gasteiger partial charge in [0.25, 0.3) is 0 Å². The van der Waals surface area contributed by atoms with Gasteiger partial charge in [-0.2, -0.15) is 0 Å². The minimum Gasteiger partial charge on any atom is -0.477 e. The van der Waals surface area contributed by atoms with Crippen LogP contribution in [-0.4, -0.2) is 16.1 Å². The minimum absolute atomic E-state index is 0.282. The van der Waals surface area contributed by atoms with E-state index in [2.05, 4.69) is 11.9 Å². The summed E-state index contributed by atoms with van der Waals surface area (Å²) in [5, 5.41) is 9.84. The van der Waals surface area contributed by atoms with Crippen molar-refractivity contribution in [2.45, 2.75) is 13.3 Å². The molecule has 0 radical (unpaired) electrons. The summed E-state index contributed by atoms with van der Waals surface area (Å²) >= 11 is 1.19. The third-order valence-corrected chi connectivity index (χ3v) is 4.24. The molecule has 106 valence electrons. The van der Waals surface area contributed by atoms with Crippen LogP contribution in [0.4, 0.5) is 0 Å². The van der Waals surface area contributed by atoms with E-state index in [1.165, 1.54) is 16.9 Å². The van der Waals surface area contributed by atoms with Gasteiger partial charge in [-0.1, -0.05) is 19.1 Å². The lowest BCUT2D eigenvalue weighted by molar-refractivity contribution is 0.0702. The standard InChI is InChI=1S/C16H13NO3S/c1-2-10-3-5-11(6-4-10)20-13-8-17-9-15-12(13)7-14(21-15)16(18)19/h3-9H,2H2,1H3,(H,18,19). The first-order chi connectivity index (χ1) is 10.2. The molecule has 4 nitrogen and oxygen atoms in total. The molecule has 0 aliphatic rings. The van der Waals surface area contributed by atoms with Gasteiger partial charge in [0.1, 0.15) is 10.6 Å². The lowest BCUT2D eigenvalue weighted by Crippen LogP contribution is -1.90. The number of nitrogens with zero attached hydrogens (tertiary/aromatic N) is 1. The van der Waals surface area contributed by atoms with Crippen molar-refractivity contribution in [1.29, 1.82) is 0 Å². The van der Waals surface area contributed by atoms with Gasteiger partial charge in [-0.05, 0) is 30.2 Å². The molecule has 2 aromatic heterocycles. The van der Waals surface area contributed by atoms with Gasteiger partial charge >= 0.3 is 5.97 Å². The van der Waals surface area contributed by atoms with Crippen LogP contribution >= 0.6 is 11.3 Å². The zero-order valence-corrected chi connectivity index (χ0v) is 12.2. The van der Waals surface area contributed by atoms with Crippen LogP contribution in [0.2, 0.25) is 0 Å². The molecule has 21 heavy (non-hydrogen) atoms. The van der Waals surface area contributed by atoms with Gasteiger partial charge in [-0.25, -0.2) is 4.79 Å². The molecule has 0 atom stereocenters. The number of fused-ring (bicyclic) bond motifs is 1. The van der Waals surface area contributed by atoms with Crippen LogP contribution in [0.3, 0.4) is 0 Å². The maximum atomic E-state index is 11.1. The third-order valence-electron chi connectivity index (χ3n) is 3.18. The van der Waals surface area contributed by atoms with E-state index >= 15 is 0 Å². The number of carboxylic acids is 1. The number of thiophene rings is 1. The second kappa shape index (κ2) is 5.54. The Morgan fingerprint density at radius 2 is 2.05 bits per heavy atom. The van der Waals surface area contributed by atoms with Gasteiger partial charge < -0.3 is 9.84 Å². The molecule has 2 heterocycles. The summed E-state index contributed by atoms with van der Waals surface area (Å²) in [5.74, 6) is 0.347. The van der Waals surface area contributed by atoms with Crippen molar-refractivity contribution in [3.05, 3.63) is 53.2 Å². The van der Waals surface area contributed by atoms with E-state index in [1.54, 1.807) is 18.5 Å². The minimum atomic E-state index is -0.936. The Morgan fingerprint density at radius 1 is 1.29 bits per heavy atom. The van der Waals surface area contributed by atoms with Crippen molar-refractivity contribution in [2.75, 3.05) is 0 Å². The predicted octanol–water partition coefficient (Wildman–Crippen LogP) is 4.35. The number of carboxylic acid groups (broad SMARTS) is 1. The Hall–Kier alpha value is -2.40. The smallest absolute Gasteiger partial charge is 0.345 e. The van der Waals surface area contributed by atoms with E-state index < -0.39 is 5.97 Å². The number of hydrogen-bond acceptors (Lipinski definition) is 4. The number of carbonyl (C=O) groups is 1. The van der Waals surface area contributed by atoms with Crippen LogP contribution in [0.1, 0.15) is 22.2 Å². The van der Waals surface area contributed by atoms with Gasteiger partial charge in [-0.3, -0.25) is 4.98 Å². The number of hydrogen-bond donors (Lipinski definition) is 1. The Bertz CT molecular complexity index is 793. The fraction of sp³-hybridized carbons (Fsp3) is 0.125. The molecule has 0 saturated heterocycles. The van der Waals surface area contributed by atoms with Crippen molar-refractivity contribution in [1.82, 2.24) is 4.98 Å².